The molecule has 5 rings (SSSR count). The summed E-state index contributed by atoms with van der Waals surface area (Å²) in [6.07, 6.45) is 6.98. The standard InChI is InChI=1S/C25H28BrN3/c1-14-8-20-6-7-21(9-14)29(20)22-12-18(5)27-25-23(22)17(4)13-28(25)24-15(2)10-19(26)11-16(24)3/h1,10-14,20-21H,6-9H2,2-5H3. The summed E-state index contributed by atoms with van der Waals surface area (Å²) >= 11 is 3.63. The van der Waals surface area contributed by atoms with Gasteiger partial charge in [-0.3, -0.25) is 0 Å². The van der Waals surface area contributed by atoms with Crippen molar-refractivity contribution in [3.63, 3.8) is 0 Å². The monoisotopic (exact) mass is 449 g/mol. The zero-order chi connectivity index (χ0) is 20.4. The molecule has 2 aliphatic heterocycles. The van der Waals surface area contributed by atoms with E-state index in [0.29, 0.717) is 18.0 Å². The highest BCUT2D eigenvalue weighted by atomic mass is 79.9. The van der Waals surface area contributed by atoms with E-state index in [1.807, 2.05) is 0 Å². The molecule has 2 aromatic heterocycles. The van der Waals surface area contributed by atoms with Crippen LogP contribution in [0.3, 0.4) is 0 Å². The van der Waals surface area contributed by atoms with Gasteiger partial charge in [-0.25, -0.2) is 4.98 Å². The van der Waals surface area contributed by atoms with Crippen molar-refractivity contribution in [3.8, 4) is 5.69 Å². The first-order valence-electron chi connectivity index (χ1n) is 10.6. The Bertz CT molecular complexity index is 1080. The van der Waals surface area contributed by atoms with E-state index in [1.54, 1.807) is 0 Å². The number of anilines is 1. The van der Waals surface area contributed by atoms with Crippen LogP contribution in [0, 0.1) is 40.5 Å². The summed E-state index contributed by atoms with van der Waals surface area (Å²) in [5, 5.41) is 1.30. The third-order valence-corrected chi connectivity index (χ3v) is 7.26. The van der Waals surface area contributed by atoms with E-state index < -0.39 is 0 Å². The Balaban J connectivity index is 1.74. The van der Waals surface area contributed by atoms with Gasteiger partial charge in [0.1, 0.15) is 5.65 Å². The fourth-order valence-corrected chi connectivity index (χ4v) is 6.47. The zero-order valence-corrected chi connectivity index (χ0v) is 19.3. The lowest BCUT2D eigenvalue weighted by Gasteiger charge is -2.40. The molecule has 150 valence electrons. The van der Waals surface area contributed by atoms with Gasteiger partial charge in [0.25, 0.3) is 0 Å². The maximum absolute atomic E-state index is 6.35. The number of hydrogen-bond acceptors (Lipinski definition) is 2. The van der Waals surface area contributed by atoms with Gasteiger partial charge in [-0.2, -0.15) is 0 Å². The summed E-state index contributed by atoms with van der Waals surface area (Å²) < 4.78 is 3.42. The second-order valence-electron chi connectivity index (χ2n) is 9.08. The molecule has 3 nitrogen and oxygen atoms in total. The molecule has 2 fully saturated rings. The average molecular weight is 450 g/mol. The molecule has 0 spiro atoms. The maximum Gasteiger partial charge on any atom is 0.147 e. The van der Waals surface area contributed by atoms with Gasteiger partial charge in [0, 0.05) is 33.8 Å². The predicted octanol–water partition coefficient (Wildman–Crippen LogP) is 6.48. The molecule has 3 aromatic rings. The van der Waals surface area contributed by atoms with Crippen molar-refractivity contribution in [1.82, 2.24) is 9.55 Å². The topological polar surface area (TPSA) is 21.1 Å². The number of fused-ring (bicyclic) bond motifs is 3. The van der Waals surface area contributed by atoms with Crippen molar-refractivity contribution < 1.29 is 0 Å². The maximum atomic E-state index is 6.35. The number of rotatable bonds is 2. The predicted molar refractivity (Wildman–Crippen MR) is 124 cm³/mol. The van der Waals surface area contributed by atoms with E-state index >= 15 is 0 Å². The molecule has 0 amide bonds. The number of pyridine rings is 1. The van der Waals surface area contributed by atoms with Crippen molar-refractivity contribution >= 4 is 32.7 Å². The molecule has 1 aromatic carbocycles. The number of nitrogens with zero attached hydrogens (tertiary/aromatic N) is 3. The minimum absolute atomic E-state index is 0.348. The van der Waals surface area contributed by atoms with Crippen LogP contribution < -0.4 is 4.90 Å². The third-order valence-electron chi connectivity index (χ3n) is 6.80. The molecule has 0 saturated carbocycles. The number of benzene rings is 1. The first-order chi connectivity index (χ1) is 13.8. The van der Waals surface area contributed by atoms with Crippen LogP contribution in [0.5, 0.6) is 0 Å². The molecule has 4 heterocycles. The minimum atomic E-state index is 0.348. The van der Waals surface area contributed by atoms with E-state index in [9.17, 15) is 0 Å². The largest absolute Gasteiger partial charge is 0.365 e. The van der Waals surface area contributed by atoms with Gasteiger partial charge in [0.05, 0.1) is 11.4 Å². The van der Waals surface area contributed by atoms with Gasteiger partial charge in [0.2, 0.25) is 0 Å². The van der Waals surface area contributed by atoms with Crippen LogP contribution >= 0.6 is 15.9 Å². The van der Waals surface area contributed by atoms with Gasteiger partial charge in [-0.15, -0.1) is 0 Å². The van der Waals surface area contributed by atoms with E-state index in [0.717, 1.165) is 28.7 Å². The highest BCUT2D eigenvalue weighted by Gasteiger charge is 2.40. The SMILES string of the molecule is [CH]C1CC2CCC(C1)N2c1cc(C)nc2c1c(C)cn2-c1c(C)cc(Br)cc1C. The van der Waals surface area contributed by atoms with Crippen LogP contribution in [0.4, 0.5) is 5.69 Å². The molecule has 2 saturated heterocycles. The number of halogens is 1. The Morgan fingerprint density at radius 3 is 2.21 bits per heavy atom. The number of aromatic nitrogens is 2. The van der Waals surface area contributed by atoms with Crippen molar-refractivity contribution in [2.45, 2.75) is 65.5 Å². The summed E-state index contributed by atoms with van der Waals surface area (Å²) in [4.78, 5) is 7.70. The summed E-state index contributed by atoms with van der Waals surface area (Å²) in [5.74, 6) is 0.348. The van der Waals surface area contributed by atoms with Crippen LogP contribution in [-0.2, 0) is 0 Å². The first-order valence-corrected chi connectivity index (χ1v) is 11.4. The summed E-state index contributed by atoms with van der Waals surface area (Å²) in [7, 11) is 0. The van der Waals surface area contributed by atoms with Gasteiger partial charge < -0.3 is 9.47 Å². The number of piperidine rings is 1. The van der Waals surface area contributed by atoms with E-state index in [4.69, 9.17) is 11.9 Å². The van der Waals surface area contributed by atoms with E-state index in [1.165, 1.54) is 46.3 Å². The Morgan fingerprint density at radius 2 is 1.59 bits per heavy atom. The van der Waals surface area contributed by atoms with Gasteiger partial charge in [-0.05, 0) is 101 Å². The second-order valence-corrected chi connectivity index (χ2v) is 9.99. The Kier molecular flexibility index (Phi) is 4.54. The molecule has 2 unspecified atom stereocenters. The molecule has 2 atom stereocenters. The molecule has 29 heavy (non-hydrogen) atoms. The van der Waals surface area contributed by atoms with Crippen LogP contribution in [0.2, 0.25) is 0 Å². The molecule has 4 heteroatoms. The molecule has 2 radical (unpaired) electrons. The highest BCUT2D eigenvalue weighted by molar-refractivity contribution is 9.10. The fourth-order valence-electron chi connectivity index (χ4n) is 5.78. The van der Waals surface area contributed by atoms with Crippen LogP contribution in [-0.4, -0.2) is 21.6 Å². The zero-order valence-electron chi connectivity index (χ0n) is 17.7. The van der Waals surface area contributed by atoms with Gasteiger partial charge in [-0.1, -0.05) is 15.9 Å². The Morgan fingerprint density at radius 1 is 0.966 bits per heavy atom. The lowest BCUT2D eigenvalue weighted by molar-refractivity contribution is 0.392. The van der Waals surface area contributed by atoms with Crippen molar-refractivity contribution in [3.05, 3.63) is 58.2 Å². The second kappa shape index (κ2) is 6.87. The highest BCUT2D eigenvalue weighted by Crippen LogP contribution is 2.45. The quantitative estimate of drug-likeness (QED) is 0.446. The summed E-state index contributed by atoms with van der Waals surface area (Å²) in [5.41, 5.74) is 8.53. The number of aryl methyl sites for hydroxylation is 4. The smallest absolute Gasteiger partial charge is 0.147 e. The molecular weight excluding hydrogens is 422 g/mol. The lowest BCUT2D eigenvalue weighted by Crippen LogP contribution is -2.42. The van der Waals surface area contributed by atoms with Crippen molar-refractivity contribution in [2.75, 3.05) is 4.90 Å². The van der Waals surface area contributed by atoms with E-state index in [-0.39, 0.29) is 0 Å². The normalized spacial score (nSPS) is 23.9. The molecule has 2 aliphatic rings. The van der Waals surface area contributed by atoms with Crippen molar-refractivity contribution in [2.24, 2.45) is 5.92 Å². The van der Waals surface area contributed by atoms with Gasteiger partial charge in [0.15, 0.2) is 0 Å². The van der Waals surface area contributed by atoms with Crippen LogP contribution in [0.1, 0.15) is 48.1 Å². The average Bonchev–Trinajstić information content (AvgIpc) is 3.08. The molecular formula is C25H28BrN3. The Hall–Kier alpha value is -1.81. The number of hydrogen-bond donors (Lipinski definition) is 0. The molecule has 0 N–H and O–H groups in total. The minimum Gasteiger partial charge on any atom is -0.365 e. The summed E-state index contributed by atoms with van der Waals surface area (Å²) in [6, 6.07) is 7.79. The Labute approximate surface area is 182 Å². The summed E-state index contributed by atoms with van der Waals surface area (Å²) in [6.45, 7) is 15.0. The molecule has 0 aliphatic carbocycles. The lowest BCUT2D eigenvalue weighted by atomic mass is 9.91. The van der Waals surface area contributed by atoms with Gasteiger partial charge >= 0.3 is 0 Å². The van der Waals surface area contributed by atoms with Crippen LogP contribution in [0.25, 0.3) is 16.7 Å². The van der Waals surface area contributed by atoms with E-state index in [2.05, 4.69) is 77.5 Å². The molecule has 2 bridgehead atoms. The van der Waals surface area contributed by atoms with Crippen molar-refractivity contribution in [1.29, 1.82) is 0 Å². The fraction of sp³-hybridized carbons (Fsp3) is 0.440. The first kappa shape index (κ1) is 19.2. The third kappa shape index (κ3) is 3.02. The van der Waals surface area contributed by atoms with Crippen LogP contribution in [0.15, 0.2) is 28.9 Å².